The Labute approximate surface area is 337 Å². The van der Waals surface area contributed by atoms with Crippen molar-refractivity contribution >= 4 is 6.09 Å². The number of nitrogens with zero attached hydrogens (tertiary/aromatic N) is 7. The van der Waals surface area contributed by atoms with Gasteiger partial charge >= 0.3 is 6.09 Å². The van der Waals surface area contributed by atoms with Gasteiger partial charge in [-0.25, -0.2) is 4.79 Å². The van der Waals surface area contributed by atoms with Crippen LogP contribution in [0.3, 0.4) is 0 Å². The molecule has 22 heteroatoms. The average Bonchev–Trinajstić information content (AvgIpc) is 3.18. The summed E-state index contributed by atoms with van der Waals surface area (Å²) in [5.74, 6) is 0. The van der Waals surface area contributed by atoms with Crippen molar-refractivity contribution in [2.45, 2.75) is 26.4 Å². The van der Waals surface area contributed by atoms with E-state index in [4.69, 9.17) is 72.6 Å². The molecule has 0 spiro atoms. The van der Waals surface area contributed by atoms with Gasteiger partial charge in [-0.05, 0) is 31.8 Å². The van der Waals surface area contributed by atoms with Gasteiger partial charge in [-0.3, -0.25) is 4.90 Å². The molecule has 22 nitrogen and oxygen atoms in total. The smallest absolute Gasteiger partial charge is 0.407 e. The van der Waals surface area contributed by atoms with Crippen molar-refractivity contribution in [3.8, 4) is 0 Å². The lowest BCUT2D eigenvalue weighted by molar-refractivity contribution is -0.0140. The normalized spacial score (nSPS) is 11.4. The van der Waals surface area contributed by atoms with Crippen LogP contribution in [-0.4, -0.2) is 214 Å². The molecule has 0 aromatic carbocycles. The summed E-state index contributed by atoms with van der Waals surface area (Å²) < 4.78 is 71.6. The topological polar surface area (TPSA) is 250 Å². The molecule has 0 aromatic rings. The van der Waals surface area contributed by atoms with Gasteiger partial charge in [0, 0.05) is 49.1 Å². The largest absolute Gasteiger partial charge is 0.444 e. The molecule has 0 aromatic heterocycles. The maximum absolute atomic E-state index is 11.6. The molecule has 0 fully saturated rings. The van der Waals surface area contributed by atoms with E-state index in [9.17, 15) is 4.79 Å². The summed E-state index contributed by atoms with van der Waals surface area (Å²) in [5.41, 5.74) is 15.9. The van der Waals surface area contributed by atoms with Crippen molar-refractivity contribution in [3.05, 3.63) is 20.9 Å². The molecular formula is C35H70N8O14. The van der Waals surface area contributed by atoms with Crippen LogP contribution in [0.5, 0.6) is 0 Å². The number of hydrogen-bond acceptors (Lipinski definition) is 17. The second kappa shape index (κ2) is 44.5. The van der Waals surface area contributed by atoms with Gasteiger partial charge in [0.1, 0.15) is 5.60 Å². The highest BCUT2D eigenvalue weighted by molar-refractivity contribution is 5.67. The van der Waals surface area contributed by atoms with Gasteiger partial charge in [-0.1, -0.05) is 10.2 Å². The van der Waals surface area contributed by atoms with E-state index in [1.807, 2.05) is 20.8 Å². The molecule has 0 radical (unpaired) electrons. The second-order valence-electron chi connectivity index (χ2n) is 12.5. The van der Waals surface area contributed by atoms with Gasteiger partial charge < -0.3 is 66.9 Å². The third kappa shape index (κ3) is 47.6. The van der Waals surface area contributed by atoms with Crippen molar-refractivity contribution in [1.29, 1.82) is 0 Å². The van der Waals surface area contributed by atoms with E-state index >= 15 is 0 Å². The summed E-state index contributed by atoms with van der Waals surface area (Å²) in [4.78, 5) is 19.1. The second-order valence-corrected chi connectivity index (χ2v) is 12.5. The van der Waals surface area contributed by atoms with E-state index in [0.29, 0.717) is 198 Å². The van der Waals surface area contributed by atoms with Gasteiger partial charge in [-0.2, -0.15) is 0 Å². The van der Waals surface area contributed by atoms with E-state index in [-0.39, 0.29) is 0 Å². The number of carbonyl (C=O) groups is 1. The van der Waals surface area contributed by atoms with Crippen molar-refractivity contribution in [1.82, 2.24) is 10.2 Å². The van der Waals surface area contributed by atoms with E-state index in [1.165, 1.54) is 0 Å². The Balaban J connectivity index is 4.00. The van der Waals surface area contributed by atoms with Crippen LogP contribution in [0.4, 0.5) is 4.79 Å². The quantitative estimate of drug-likeness (QED) is 0.0401. The Morgan fingerprint density at radius 2 is 0.719 bits per heavy atom. The van der Waals surface area contributed by atoms with Crippen LogP contribution in [0.1, 0.15) is 20.8 Å². The van der Waals surface area contributed by atoms with Gasteiger partial charge in [0.25, 0.3) is 0 Å². The molecule has 0 rings (SSSR count). The molecule has 1 amide bonds. The molecule has 0 heterocycles. The van der Waals surface area contributed by atoms with Gasteiger partial charge in [0.2, 0.25) is 0 Å². The van der Waals surface area contributed by atoms with Crippen LogP contribution in [0, 0.1) is 0 Å². The Morgan fingerprint density at radius 3 is 1.00 bits per heavy atom. The van der Waals surface area contributed by atoms with Gasteiger partial charge in [0.05, 0.1) is 159 Å². The van der Waals surface area contributed by atoms with E-state index < -0.39 is 11.7 Å². The number of rotatable bonds is 45. The highest BCUT2D eigenvalue weighted by Gasteiger charge is 2.15. The molecule has 0 saturated heterocycles. The summed E-state index contributed by atoms with van der Waals surface area (Å²) in [6, 6.07) is 0. The van der Waals surface area contributed by atoms with Crippen LogP contribution in [0.15, 0.2) is 10.2 Å². The summed E-state index contributed by atoms with van der Waals surface area (Å²) >= 11 is 0. The zero-order valence-electron chi connectivity index (χ0n) is 34.6. The molecule has 0 saturated carbocycles. The zero-order valence-corrected chi connectivity index (χ0v) is 34.6. The van der Waals surface area contributed by atoms with E-state index in [2.05, 4.69) is 30.3 Å². The number of amides is 1. The molecule has 0 aliphatic heterocycles. The molecule has 0 aliphatic carbocycles. The Bertz CT molecular complexity index is 930. The maximum atomic E-state index is 11.6. The van der Waals surface area contributed by atoms with Crippen molar-refractivity contribution < 1.29 is 66.4 Å². The van der Waals surface area contributed by atoms with Crippen molar-refractivity contribution in [2.75, 3.05) is 198 Å². The Morgan fingerprint density at radius 1 is 0.456 bits per heavy atom. The summed E-state index contributed by atoms with van der Waals surface area (Å²) in [6.45, 7) is 19.3. The minimum absolute atomic E-state index is 0.307. The van der Waals surface area contributed by atoms with E-state index in [0.717, 1.165) is 0 Å². The third-order valence-corrected chi connectivity index (χ3v) is 6.72. The van der Waals surface area contributed by atoms with Gasteiger partial charge in [0.15, 0.2) is 0 Å². The monoisotopic (exact) mass is 827 g/mol. The molecular weight excluding hydrogens is 756 g/mol. The number of azide groups is 2. The van der Waals surface area contributed by atoms with E-state index in [1.54, 1.807) is 0 Å². The summed E-state index contributed by atoms with van der Waals surface area (Å²) in [5, 5.41) is 9.43. The summed E-state index contributed by atoms with van der Waals surface area (Å²) in [6.07, 6.45) is -0.465. The van der Waals surface area contributed by atoms with Crippen LogP contribution in [0.25, 0.3) is 20.9 Å². The Kier molecular flexibility index (Phi) is 42.4. The molecule has 0 aliphatic rings. The lowest BCUT2D eigenvalue weighted by atomic mass is 10.2. The van der Waals surface area contributed by atoms with Crippen LogP contribution in [0.2, 0.25) is 0 Å². The lowest BCUT2D eigenvalue weighted by Gasteiger charge is -2.22. The molecule has 1 N–H and O–H groups in total. The van der Waals surface area contributed by atoms with Crippen molar-refractivity contribution in [2.24, 2.45) is 10.2 Å². The minimum atomic E-state index is -0.531. The van der Waals surface area contributed by atoms with Crippen LogP contribution in [-0.2, 0) is 61.6 Å². The lowest BCUT2D eigenvalue weighted by Crippen LogP contribution is -2.34. The zero-order chi connectivity index (χ0) is 41.6. The maximum Gasteiger partial charge on any atom is 0.407 e. The van der Waals surface area contributed by atoms with Gasteiger partial charge in [-0.15, -0.1) is 0 Å². The Hall–Kier alpha value is -2.63. The molecule has 57 heavy (non-hydrogen) atoms. The minimum Gasteiger partial charge on any atom is -0.444 e. The predicted octanol–water partition coefficient (Wildman–Crippen LogP) is 2.63. The number of alkyl carbamates (subject to hydrolysis) is 1. The van der Waals surface area contributed by atoms with Crippen LogP contribution >= 0.6 is 0 Å². The third-order valence-electron chi connectivity index (χ3n) is 6.72. The first-order chi connectivity index (χ1) is 27.9. The standard InChI is InChI=1S/C35H70N8O14/c1-35(2,3)57-34(44)38-4-10-45-16-22-51-28-31-54-25-19-48-13-7-43(8-14-49-20-26-55-32-29-52-23-17-46-11-5-39-41-36)9-15-50-21-27-56-33-30-53-24-18-47-12-6-40-42-37/h4-33H2,1-3H3,(H,38,44). The first-order valence-electron chi connectivity index (χ1n) is 19.5. The fourth-order valence-electron chi connectivity index (χ4n) is 4.04. The number of hydrogen-bond donors (Lipinski definition) is 1. The fraction of sp³-hybridized carbons (Fsp3) is 0.971. The highest BCUT2D eigenvalue weighted by atomic mass is 16.6. The first kappa shape index (κ1) is 54.4. The number of carbonyl (C=O) groups excluding carboxylic acids is 1. The predicted molar refractivity (Wildman–Crippen MR) is 209 cm³/mol. The van der Waals surface area contributed by atoms with Crippen molar-refractivity contribution in [3.63, 3.8) is 0 Å². The molecule has 0 atom stereocenters. The summed E-state index contributed by atoms with van der Waals surface area (Å²) in [7, 11) is 0. The average molecular weight is 827 g/mol. The fourth-order valence-corrected chi connectivity index (χ4v) is 4.04. The first-order valence-corrected chi connectivity index (χ1v) is 19.5. The molecule has 0 bridgehead atoms. The molecule has 0 unspecified atom stereocenters. The number of nitrogens with one attached hydrogen (secondary N) is 1. The molecule has 334 valence electrons. The SMILES string of the molecule is CC(C)(C)OC(=O)NCCOCCOCCOCCOCCN(CCOCCOCCOCCOCCN=[N+]=[N-])CCOCCOCCOCCOCCN=[N+]=[N-]. The van der Waals surface area contributed by atoms with Crippen LogP contribution < -0.4 is 5.32 Å². The number of ether oxygens (including phenoxy) is 13. The highest BCUT2D eigenvalue weighted by Crippen LogP contribution is 2.06.